The molecule has 0 fully saturated rings. The zero-order chi connectivity index (χ0) is 17.9. The number of aliphatic imine (C=N–C) groups is 1. The highest BCUT2D eigenvalue weighted by Crippen LogP contribution is 2.41. The third kappa shape index (κ3) is 4.00. The van der Waals surface area contributed by atoms with Crippen molar-refractivity contribution in [2.24, 2.45) is 16.3 Å². The molecular weight excluding hydrogens is 309 g/mol. The smallest absolute Gasteiger partial charge is 0.126 e. The van der Waals surface area contributed by atoms with Crippen molar-refractivity contribution in [1.29, 1.82) is 0 Å². The summed E-state index contributed by atoms with van der Waals surface area (Å²) in [4.78, 5) is 4.92. The SMILES string of the molecule is CCC(Cc1ccccc1F)CC1(C)CC=C(C)N=C1C1=CC=CC1. The number of halogens is 1. The topological polar surface area (TPSA) is 12.4 Å². The van der Waals surface area contributed by atoms with E-state index in [9.17, 15) is 4.39 Å². The molecule has 1 aliphatic heterocycles. The zero-order valence-electron chi connectivity index (χ0n) is 15.6. The Bertz CT molecular complexity index is 753. The first-order valence-electron chi connectivity index (χ1n) is 9.37. The molecule has 2 atom stereocenters. The van der Waals surface area contributed by atoms with Crippen LogP contribution >= 0.6 is 0 Å². The van der Waals surface area contributed by atoms with Gasteiger partial charge in [-0.1, -0.05) is 62.8 Å². The van der Waals surface area contributed by atoms with Crippen LogP contribution in [0.3, 0.4) is 0 Å². The van der Waals surface area contributed by atoms with Gasteiger partial charge >= 0.3 is 0 Å². The molecule has 0 bridgehead atoms. The van der Waals surface area contributed by atoms with Crippen LogP contribution in [-0.4, -0.2) is 5.71 Å². The van der Waals surface area contributed by atoms with Gasteiger partial charge in [0.25, 0.3) is 0 Å². The lowest BCUT2D eigenvalue weighted by Crippen LogP contribution is -2.33. The summed E-state index contributed by atoms with van der Waals surface area (Å²) in [6, 6.07) is 7.18. The van der Waals surface area contributed by atoms with Crippen LogP contribution < -0.4 is 0 Å². The van der Waals surface area contributed by atoms with E-state index in [2.05, 4.69) is 45.1 Å². The minimum Gasteiger partial charge on any atom is -0.258 e. The van der Waals surface area contributed by atoms with Crippen molar-refractivity contribution in [3.8, 4) is 0 Å². The van der Waals surface area contributed by atoms with Crippen LogP contribution in [0, 0.1) is 17.2 Å². The molecule has 1 nitrogen and oxygen atoms in total. The van der Waals surface area contributed by atoms with Gasteiger partial charge in [-0.25, -0.2) is 4.39 Å². The molecule has 132 valence electrons. The fraction of sp³-hybridized carbons (Fsp3) is 0.435. The van der Waals surface area contributed by atoms with E-state index in [0.29, 0.717) is 5.92 Å². The summed E-state index contributed by atoms with van der Waals surface area (Å²) >= 11 is 0. The summed E-state index contributed by atoms with van der Waals surface area (Å²) in [6.45, 7) is 6.63. The predicted molar refractivity (Wildman–Crippen MR) is 104 cm³/mol. The van der Waals surface area contributed by atoms with Gasteiger partial charge in [0.15, 0.2) is 0 Å². The molecule has 2 heteroatoms. The molecule has 0 aromatic heterocycles. The molecule has 0 saturated carbocycles. The van der Waals surface area contributed by atoms with Gasteiger partial charge in [0.2, 0.25) is 0 Å². The monoisotopic (exact) mass is 337 g/mol. The third-order valence-corrected chi connectivity index (χ3v) is 5.57. The van der Waals surface area contributed by atoms with E-state index in [0.717, 1.165) is 43.4 Å². The largest absolute Gasteiger partial charge is 0.258 e. The van der Waals surface area contributed by atoms with E-state index >= 15 is 0 Å². The van der Waals surface area contributed by atoms with Crippen LogP contribution in [0.4, 0.5) is 4.39 Å². The molecule has 1 aromatic rings. The Morgan fingerprint density at radius 3 is 2.76 bits per heavy atom. The molecule has 3 rings (SSSR count). The average Bonchev–Trinajstić information content (AvgIpc) is 3.13. The summed E-state index contributed by atoms with van der Waals surface area (Å²) in [5, 5.41) is 0. The maximum Gasteiger partial charge on any atom is 0.126 e. The summed E-state index contributed by atoms with van der Waals surface area (Å²) in [6.07, 6.45) is 13.7. The minimum absolute atomic E-state index is 0.0310. The zero-order valence-corrected chi connectivity index (χ0v) is 15.6. The van der Waals surface area contributed by atoms with Crippen molar-refractivity contribution < 1.29 is 4.39 Å². The molecule has 2 aliphatic rings. The van der Waals surface area contributed by atoms with Crippen molar-refractivity contribution >= 4 is 5.71 Å². The van der Waals surface area contributed by atoms with Gasteiger partial charge in [0, 0.05) is 11.1 Å². The van der Waals surface area contributed by atoms with Gasteiger partial charge in [-0.05, 0) is 55.7 Å². The second-order valence-corrected chi connectivity index (χ2v) is 7.67. The van der Waals surface area contributed by atoms with Crippen molar-refractivity contribution in [2.75, 3.05) is 0 Å². The van der Waals surface area contributed by atoms with Crippen molar-refractivity contribution in [3.05, 3.63) is 71.2 Å². The molecule has 1 aliphatic carbocycles. The van der Waals surface area contributed by atoms with E-state index < -0.39 is 0 Å². The molecule has 2 unspecified atom stereocenters. The number of hydrogen-bond donors (Lipinski definition) is 0. The molecule has 1 heterocycles. The van der Waals surface area contributed by atoms with Gasteiger partial charge in [-0.15, -0.1) is 0 Å². The number of hydrogen-bond acceptors (Lipinski definition) is 1. The van der Waals surface area contributed by atoms with Crippen LogP contribution in [0.5, 0.6) is 0 Å². The van der Waals surface area contributed by atoms with Crippen molar-refractivity contribution in [3.63, 3.8) is 0 Å². The number of benzene rings is 1. The number of nitrogens with zero attached hydrogens (tertiary/aromatic N) is 1. The van der Waals surface area contributed by atoms with Crippen molar-refractivity contribution in [2.45, 2.75) is 52.9 Å². The normalized spacial score (nSPS) is 23.9. The minimum atomic E-state index is -0.0814. The highest BCUT2D eigenvalue weighted by Gasteiger charge is 2.36. The summed E-state index contributed by atoms with van der Waals surface area (Å²) in [5.74, 6) is 0.371. The van der Waals surface area contributed by atoms with Crippen LogP contribution in [-0.2, 0) is 6.42 Å². The third-order valence-electron chi connectivity index (χ3n) is 5.57. The Balaban J connectivity index is 1.81. The molecular formula is C23H28FN. The lowest BCUT2D eigenvalue weighted by molar-refractivity contribution is 0.317. The molecule has 0 spiro atoms. The van der Waals surface area contributed by atoms with E-state index in [1.165, 1.54) is 11.3 Å². The van der Waals surface area contributed by atoms with Gasteiger partial charge in [0.05, 0.1) is 5.71 Å². The van der Waals surface area contributed by atoms with E-state index in [1.54, 1.807) is 12.1 Å². The Morgan fingerprint density at radius 1 is 1.28 bits per heavy atom. The molecule has 1 aromatic carbocycles. The fourth-order valence-corrected chi connectivity index (χ4v) is 4.06. The van der Waals surface area contributed by atoms with Gasteiger partial charge in [-0.3, -0.25) is 4.99 Å². The lowest BCUT2D eigenvalue weighted by atomic mass is 9.69. The predicted octanol–water partition coefficient (Wildman–Crippen LogP) is 6.43. The van der Waals surface area contributed by atoms with Gasteiger partial charge in [0.1, 0.15) is 5.82 Å². The number of rotatable bonds is 6. The van der Waals surface area contributed by atoms with Crippen molar-refractivity contribution in [1.82, 2.24) is 0 Å². The average molecular weight is 337 g/mol. The Kier molecular flexibility index (Phi) is 5.36. The summed E-state index contributed by atoms with van der Waals surface area (Å²) in [7, 11) is 0. The van der Waals surface area contributed by atoms with Gasteiger partial charge in [-0.2, -0.15) is 0 Å². The van der Waals surface area contributed by atoms with Crippen LogP contribution in [0.2, 0.25) is 0 Å². The Morgan fingerprint density at radius 2 is 2.08 bits per heavy atom. The fourth-order valence-electron chi connectivity index (χ4n) is 4.06. The van der Waals surface area contributed by atoms with E-state index in [-0.39, 0.29) is 11.2 Å². The molecule has 0 saturated heterocycles. The van der Waals surface area contributed by atoms with E-state index in [1.807, 2.05) is 12.1 Å². The van der Waals surface area contributed by atoms with Crippen LogP contribution in [0.1, 0.15) is 52.0 Å². The van der Waals surface area contributed by atoms with Crippen LogP contribution in [0.15, 0.2) is 64.8 Å². The molecule has 0 radical (unpaired) electrons. The first kappa shape index (κ1) is 17.8. The second-order valence-electron chi connectivity index (χ2n) is 7.67. The first-order chi connectivity index (χ1) is 12.0. The van der Waals surface area contributed by atoms with E-state index in [4.69, 9.17) is 4.99 Å². The highest BCUT2D eigenvalue weighted by molar-refractivity contribution is 6.06. The van der Waals surface area contributed by atoms with Gasteiger partial charge < -0.3 is 0 Å². The Labute approximate surface area is 151 Å². The highest BCUT2D eigenvalue weighted by atomic mass is 19.1. The number of allylic oxidation sites excluding steroid dienone is 6. The molecule has 0 amide bonds. The summed E-state index contributed by atoms with van der Waals surface area (Å²) < 4.78 is 14.1. The standard InChI is InChI=1S/C23H28FN/c1-4-18(15-20-11-7-8-12-21(20)24)16-23(3)14-13-17(2)25-22(23)19-9-5-6-10-19/h5-9,11-13,18H,4,10,14-16H2,1-3H3. The summed E-state index contributed by atoms with van der Waals surface area (Å²) in [5.41, 5.74) is 4.56. The molecule has 25 heavy (non-hydrogen) atoms. The first-order valence-corrected chi connectivity index (χ1v) is 9.37. The maximum atomic E-state index is 14.1. The Hall–Kier alpha value is -1.96. The quantitative estimate of drug-likeness (QED) is 0.567. The second kappa shape index (κ2) is 7.51. The maximum absolute atomic E-state index is 14.1. The lowest BCUT2D eigenvalue weighted by Gasteiger charge is -2.37. The molecule has 0 N–H and O–H groups in total. The van der Waals surface area contributed by atoms with Crippen LogP contribution in [0.25, 0.3) is 0 Å².